The minimum absolute atomic E-state index is 0.112. The largest absolute Gasteiger partial charge is 0.487 e. The molecule has 25 heavy (non-hydrogen) atoms. The van der Waals surface area contributed by atoms with Crippen molar-refractivity contribution in [2.24, 2.45) is 0 Å². The Morgan fingerprint density at radius 1 is 1.16 bits per heavy atom. The van der Waals surface area contributed by atoms with E-state index in [1.165, 1.54) is 0 Å². The second kappa shape index (κ2) is 6.12. The maximum atomic E-state index is 12.4. The third-order valence-electron chi connectivity index (χ3n) is 4.25. The van der Waals surface area contributed by atoms with Gasteiger partial charge in [0, 0.05) is 27.9 Å². The number of nitrogens with one attached hydrogen (secondary N) is 1. The first-order valence-corrected chi connectivity index (χ1v) is 8.18. The first kappa shape index (κ1) is 15.5. The molecule has 1 N–H and O–H groups in total. The molecule has 0 unspecified atom stereocenters. The SMILES string of the molecule is CN(C)CC#Cc1ccc2c(c1)COC2=C1C(=O)Nc2ccccc21. The second-order valence-corrected chi connectivity index (χ2v) is 6.40. The first-order chi connectivity index (χ1) is 12.1. The number of carbonyl (C=O) groups excluding carboxylic acids is 1. The summed E-state index contributed by atoms with van der Waals surface area (Å²) < 4.78 is 5.89. The molecule has 0 spiro atoms. The average molecular weight is 330 g/mol. The number of anilines is 1. The first-order valence-electron chi connectivity index (χ1n) is 8.18. The lowest BCUT2D eigenvalue weighted by Crippen LogP contribution is -2.10. The van der Waals surface area contributed by atoms with Crippen LogP contribution in [0.1, 0.15) is 22.3 Å². The number of carbonyl (C=O) groups is 1. The highest BCUT2D eigenvalue weighted by Gasteiger charge is 2.32. The number of hydrogen-bond acceptors (Lipinski definition) is 3. The highest BCUT2D eigenvalue weighted by Crippen LogP contribution is 2.41. The number of amides is 1. The summed E-state index contributed by atoms with van der Waals surface area (Å²) in [5.41, 5.74) is 5.34. The number of hydrogen-bond donors (Lipinski definition) is 1. The smallest absolute Gasteiger partial charge is 0.260 e. The Labute approximate surface area is 147 Å². The number of ether oxygens (including phenoxy) is 1. The van der Waals surface area contributed by atoms with Gasteiger partial charge < -0.3 is 10.1 Å². The molecule has 4 heteroatoms. The molecule has 0 bridgehead atoms. The molecule has 0 saturated heterocycles. The van der Waals surface area contributed by atoms with E-state index >= 15 is 0 Å². The lowest BCUT2D eigenvalue weighted by atomic mass is 9.99. The van der Waals surface area contributed by atoms with Gasteiger partial charge >= 0.3 is 0 Å². The predicted octanol–water partition coefficient (Wildman–Crippen LogP) is 2.95. The van der Waals surface area contributed by atoms with Crippen molar-refractivity contribution >= 4 is 22.9 Å². The van der Waals surface area contributed by atoms with E-state index in [4.69, 9.17) is 4.74 Å². The van der Waals surface area contributed by atoms with Gasteiger partial charge in [0.05, 0.1) is 12.1 Å². The lowest BCUT2D eigenvalue weighted by Gasteiger charge is -2.05. The molecule has 2 aromatic rings. The Hall–Kier alpha value is -3.03. The minimum atomic E-state index is -0.112. The van der Waals surface area contributed by atoms with Gasteiger partial charge in [0.15, 0.2) is 0 Å². The number of fused-ring (bicyclic) bond motifs is 2. The Balaban J connectivity index is 1.73. The molecule has 1 amide bonds. The van der Waals surface area contributed by atoms with Crippen LogP contribution in [0.5, 0.6) is 0 Å². The van der Waals surface area contributed by atoms with Crippen LogP contribution >= 0.6 is 0 Å². The van der Waals surface area contributed by atoms with Gasteiger partial charge in [-0.1, -0.05) is 30.0 Å². The van der Waals surface area contributed by atoms with Crippen LogP contribution in [0.15, 0.2) is 42.5 Å². The van der Waals surface area contributed by atoms with Gasteiger partial charge in [0.2, 0.25) is 0 Å². The van der Waals surface area contributed by atoms with Gasteiger partial charge in [0.1, 0.15) is 12.4 Å². The number of rotatable bonds is 1. The maximum absolute atomic E-state index is 12.4. The summed E-state index contributed by atoms with van der Waals surface area (Å²) in [6, 6.07) is 13.7. The molecule has 4 nitrogen and oxygen atoms in total. The second-order valence-electron chi connectivity index (χ2n) is 6.40. The van der Waals surface area contributed by atoms with E-state index in [2.05, 4.69) is 17.2 Å². The topological polar surface area (TPSA) is 41.6 Å². The summed E-state index contributed by atoms with van der Waals surface area (Å²) in [7, 11) is 3.99. The Morgan fingerprint density at radius 2 is 2.00 bits per heavy atom. The third kappa shape index (κ3) is 2.79. The van der Waals surface area contributed by atoms with Crippen molar-refractivity contribution in [3.63, 3.8) is 0 Å². The van der Waals surface area contributed by atoms with Crippen LogP contribution in [-0.4, -0.2) is 31.4 Å². The zero-order chi connectivity index (χ0) is 17.4. The van der Waals surface area contributed by atoms with Crippen LogP contribution in [0.2, 0.25) is 0 Å². The van der Waals surface area contributed by atoms with Gasteiger partial charge in [0.25, 0.3) is 5.91 Å². The Kier molecular flexibility index (Phi) is 3.79. The zero-order valence-electron chi connectivity index (χ0n) is 14.2. The van der Waals surface area contributed by atoms with Crippen LogP contribution in [0, 0.1) is 11.8 Å². The fourth-order valence-corrected chi connectivity index (χ4v) is 3.09. The molecule has 0 saturated carbocycles. The molecule has 0 atom stereocenters. The number of nitrogens with zero attached hydrogens (tertiary/aromatic N) is 1. The quantitative estimate of drug-likeness (QED) is 0.646. The summed E-state index contributed by atoms with van der Waals surface area (Å²) in [6.45, 7) is 1.19. The molecular formula is C21H18N2O2. The van der Waals surface area contributed by atoms with E-state index in [-0.39, 0.29) is 5.91 Å². The van der Waals surface area contributed by atoms with Crippen molar-refractivity contribution in [1.29, 1.82) is 0 Å². The van der Waals surface area contributed by atoms with E-state index in [1.54, 1.807) is 0 Å². The zero-order valence-corrected chi connectivity index (χ0v) is 14.2. The van der Waals surface area contributed by atoms with Crippen molar-refractivity contribution in [2.75, 3.05) is 26.0 Å². The molecule has 124 valence electrons. The number of para-hydroxylation sites is 1. The fourth-order valence-electron chi connectivity index (χ4n) is 3.09. The summed E-state index contributed by atoms with van der Waals surface area (Å²) in [5, 5.41) is 2.90. The fraction of sp³-hybridized carbons (Fsp3) is 0.190. The molecule has 0 aromatic heterocycles. The van der Waals surface area contributed by atoms with Crippen molar-refractivity contribution < 1.29 is 9.53 Å². The van der Waals surface area contributed by atoms with E-state index in [1.807, 2.05) is 61.5 Å². The molecule has 0 aliphatic carbocycles. The summed E-state index contributed by atoms with van der Waals surface area (Å²) >= 11 is 0. The molecule has 2 heterocycles. The van der Waals surface area contributed by atoms with Gasteiger partial charge in [-0.3, -0.25) is 9.69 Å². The van der Waals surface area contributed by atoms with Crippen LogP contribution in [0.25, 0.3) is 11.3 Å². The predicted molar refractivity (Wildman–Crippen MR) is 98.5 cm³/mol. The molecule has 2 aromatic carbocycles. The molecule has 2 aliphatic heterocycles. The van der Waals surface area contributed by atoms with Crippen molar-refractivity contribution in [3.8, 4) is 11.8 Å². The van der Waals surface area contributed by atoms with Crippen LogP contribution < -0.4 is 5.32 Å². The van der Waals surface area contributed by atoms with Gasteiger partial charge in [-0.05, 0) is 38.4 Å². The van der Waals surface area contributed by atoms with Crippen molar-refractivity contribution in [3.05, 3.63) is 64.7 Å². The minimum Gasteiger partial charge on any atom is -0.487 e. The standard InChI is InChI=1S/C21H18N2O2/c1-23(2)11-5-6-14-9-10-16-15(12-14)13-25-20(16)19-17-7-3-4-8-18(17)22-21(19)24/h3-4,7-10,12H,11,13H2,1-2H3,(H,22,24). The summed E-state index contributed by atoms with van der Waals surface area (Å²) in [6.07, 6.45) is 0. The normalized spacial score (nSPS) is 17.5. The third-order valence-corrected chi connectivity index (χ3v) is 4.25. The molecule has 2 aliphatic rings. The van der Waals surface area contributed by atoms with Gasteiger partial charge in [-0.2, -0.15) is 0 Å². The van der Waals surface area contributed by atoms with Crippen LogP contribution in [0.3, 0.4) is 0 Å². The maximum Gasteiger partial charge on any atom is 0.260 e. The summed E-state index contributed by atoms with van der Waals surface area (Å²) in [4.78, 5) is 14.5. The average Bonchev–Trinajstić information content (AvgIpc) is 3.13. The molecule has 0 radical (unpaired) electrons. The van der Waals surface area contributed by atoms with Crippen LogP contribution in [-0.2, 0) is 16.1 Å². The highest BCUT2D eigenvalue weighted by atomic mass is 16.5. The van der Waals surface area contributed by atoms with E-state index in [0.29, 0.717) is 17.9 Å². The molecule has 0 fully saturated rings. The van der Waals surface area contributed by atoms with Gasteiger partial charge in [-0.15, -0.1) is 0 Å². The highest BCUT2D eigenvalue weighted by molar-refractivity contribution is 6.36. The molecule has 4 rings (SSSR count). The van der Waals surface area contributed by atoms with E-state index < -0.39 is 0 Å². The summed E-state index contributed by atoms with van der Waals surface area (Å²) in [5.74, 6) is 6.86. The van der Waals surface area contributed by atoms with Crippen LogP contribution in [0.4, 0.5) is 5.69 Å². The van der Waals surface area contributed by atoms with Crippen molar-refractivity contribution in [1.82, 2.24) is 4.90 Å². The van der Waals surface area contributed by atoms with E-state index in [9.17, 15) is 4.79 Å². The monoisotopic (exact) mass is 330 g/mol. The van der Waals surface area contributed by atoms with Crippen molar-refractivity contribution in [2.45, 2.75) is 6.61 Å². The number of benzene rings is 2. The van der Waals surface area contributed by atoms with Gasteiger partial charge in [-0.25, -0.2) is 0 Å². The Bertz CT molecular complexity index is 961. The van der Waals surface area contributed by atoms with E-state index in [0.717, 1.165) is 34.5 Å². The lowest BCUT2D eigenvalue weighted by molar-refractivity contribution is -0.110. The Morgan fingerprint density at radius 3 is 2.84 bits per heavy atom. The molecular weight excluding hydrogens is 312 g/mol.